The summed E-state index contributed by atoms with van der Waals surface area (Å²) >= 11 is 0. The molecule has 0 saturated heterocycles. The Labute approximate surface area is 108 Å². The molecule has 1 amide bonds. The van der Waals surface area contributed by atoms with Gasteiger partial charge in [-0.05, 0) is 24.8 Å². The summed E-state index contributed by atoms with van der Waals surface area (Å²) in [5.41, 5.74) is 6.26. The number of nitrogens with zero attached hydrogens (tertiary/aromatic N) is 2. The van der Waals surface area contributed by atoms with E-state index in [2.05, 4.69) is 17.3 Å². The second-order valence-electron chi connectivity index (χ2n) is 5.30. The van der Waals surface area contributed by atoms with Gasteiger partial charge in [0.2, 0.25) is 0 Å². The highest BCUT2D eigenvalue weighted by Gasteiger charge is 2.38. The van der Waals surface area contributed by atoms with Gasteiger partial charge in [-0.25, -0.2) is 0 Å². The highest BCUT2D eigenvalue weighted by molar-refractivity contribution is 5.93. The zero-order valence-electron chi connectivity index (χ0n) is 11.1. The van der Waals surface area contributed by atoms with Crippen LogP contribution in [-0.4, -0.2) is 27.8 Å². The number of carbonyl (C=O) groups is 1. The van der Waals surface area contributed by atoms with Crippen LogP contribution in [0.5, 0.6) is 0 Å². The molecule has 1 fully saturated rings. The fourth-order valence-electron chi connectivity index (χ4n) is 2.84. The van der Waals surface area contributed by atoms with Crippen molar-refractivity contribution in [3.8, 4) is 0 Å². The molecule has 2 unspecified atom stereocenters. The van der Waals surface area contributed by atoms with Crippen LogP contribution in [0.1, 0.15) is 43.1 Å². The number of aryl methyl sites for hydroxylation is 1. The molecule has 2 rings (SSSR count). The molecule has 1 aliphatic rings. The fourth-order valence-corrected chi connectivity index (χ4v) is 2.84. The van der Waals surface area contributed by atoms with Crippen LogP contribution in [0.4, 0.5) is 0 Å². The van der Waals surface area contributed by atoms with E-state index in [1.807, 2.05) is 0 Å². The summed E-state index contributed by atoms with van der Waals surface area (Å²) in [5.74, 6) is 0.350. The van der Waals surface area contributed by atoms with Crippen LogP contribution in [0.15, 0.2) is 12.3 Å². The maximum atomic E-state index is 12.3. The minimum Gasteiger partial charge on any atom is -0.344 e. The minimum atomic E-state index is -0.250. The number of amides is 1. The number of rotatable bonds is 3. The largest absolute Gasteiger partial charge is 0.344 e. The zero-order valence-corrected chi connectivity index (χ0v) is 11.1. The van der Waals surface area contributed by atoms with Gasteiger partial charge in [0.05, 0.1) is 5.54 Å². The van der Waals surface area contributed by atoms with E-state index in [4.69, 9.17) is 5.73 Å². The number of nitrogens with one attached hydrogen (secondary N) is 1. The first-order valence-corrected chi connectivity index (χ1v) is 6.59. The normalized spacial score (nSPS) is 28.1. The van der Waals surface area contributed by atoms with Gasteiger partial charge in [-0.1, -0.05) is 19.8 Å². The summed E-state index contributed by atoms with van der Waals surface area (Å²) in [7, 11) is 1.77. The topological polar surface area (TPSA) is 72.9 Å². The molecule has 1 saturated carbocycles. The SMILES string of the molecule is CC1CCCCC1(CN)NC(=O)c1ccnn1C. The van der Waals surface area contributed by atoms with Gasteiger partial charge < -0.3 is 11.1 Å². The molecule has 5 heteroatoms. The Hall–Kier alpha value is -1.36. The van der Waals surface area contributed by atoms with Crippen LogP contribution in [-0.2, 0) is 7.05 Å². The smallest absolute Gasteiger partial charge is 0.270 e. The van der Waals surface area contributed by atoms with E-state index < -0.39 is 0 Å². The molecule has 0 aromatic carbocycles. The lowest BCUT2D eigenvalue weighted by Gasteiger charge is -2.42. The summed E-state index contributed by atoms with van der Waals surface area (Å²) in [6, 6.07) is 1.73. The van der Waals surface area contributed by atoms with Gasteiger partial charge in [-0.2, -0.15) is 5.10 Å². The molecular formula is C13H22N4O. The quantitative estimate of drug-likeness (QED) is 0.842. The third-order valence-electron chi connectivity index (χ3n) is 4.23. The minimum absolute atomic E-state index is 0.0748. The molecule has 5 nitrogen and oxygen atoms in total. The van der Waals surface area contributed by atoms with E-state index in [0.29, 0.717) is 18.2 Å². The lowest BCUT2D eigenvalue weighted by atomic mass is 9.73. The molecule has 18 heavy (non-hydrogen) atoms. The highest BCUT2D eigenvalue weighted by atomic mass is 16.2. The summed E-state index contributed by atoms with van der Waals surface area (Å²) < 4.78 is 1.59. The Morgan fingerprint density at radius 1 is 1.67 bits per heavy atom. The molecule has 3 N–H and O–H groups in total. The van der Waals surface area contributed by atoms with Crippen molar-refractivity contribution < 1.29 is 4.79 Å². The number of carbonyl (C=O) groups excluding carboxylic acids is 1. The van der Waals surface area contributed by atoms with Gasteiger partial charge in [-0.15, -0.1) is 0 Å². The standard InChI is InChI=1S/C13H22N4O/c1-10-5-3-4-7-13(10,9-14)16-12(18)11-6-8-15-17(11)2/h6,8,10H,3-5,7,9,14H2,1-2H3,(H,16,18). The average molecular weight is 250 g/mol. The monoisotopic (exact) mass is 250 g/mol. The molecule has 100 valence electrons. The number of aromatic nitrogens is 2. The summed E-state index contributed by atoms with van der Waals surface area (Å²) in [4.78, 5) is 12.3. The lowest BCUT2D eigenvalue weighted by molar-refractivity contribution is 0.0803. The Balaban J connectivity index is 2.15. The predicted molar refractivity (Wildman–Crippen MR) is 70.1 cm³/mol. The molecule has 0 aliphatic heterocycles. The second-order valence-corrected chi connectivity index (χ2v) is 5.30. The summed E-state index contributed by atoms with van der Waals surface area (Å²) in [6.07, 6.45) is 6.09. The first kappa shape index (κ1) is 13.1. The number of hydrogen-bond donors (Lipinski definition) is 2. The molecule has 1 aromatic heterocycles. The molecule has 0 bridgehead atoms. The van der Waals surface area contributed by atoms with Crippen LogP contribution >= 0.6 is 0 Å². The predicted octanol–water partition coefficient (Wildman–Crippen LogP) is 1.06. The molecular weight excluding hydrogens is 228 g/mol. The lowest BCUT2D eigenvalue weighted by Crippen LogP contribution is -2.59. The first-order valence-electron chi connectivity index (χ1n) is 6.59. The first-order chi connectivity index (χ1) is 8.59. The van der Waals surface area contributed by atoms with Crippen LogP contribution in [0.25, 0.3) is 0 Å². The van der Waals surface area contributed by atoms with Crippen molar-refractivity contribution in [3.05, 3.63) is 18.0 Å². The van der Waals surface area contributed by atoms with Gasteiger partial charge in [-0.3, -0.25) is 9.48 Å². The average Bonchev–Trinajstić information content (AvgIpc) is 2.78. The number of nitrogens with two attached hydrogens (primary N) is 1. The molecule has 2 atom stereocenters. The van der Waals surface area contributed by atoms with E-state index in [9.17, 15) is 4.79 Å². The van der Waals surface area contributed by atoms with E-state index in [-0.39, 0.29) is 11.4 Å². The molecule has 0 radical (unpaired) electrons. The van der Waals surface area contributed by atoms with Gasteiger partial charge in [0.1, 0.15) is 5.69 Å². The van der Waals surface area contributed by atoms with Crippen LogP contribution in [0, 0.1) is 5.92 Å². The second kappa shape index (κ2) is 5.10. The molecule has 1 aromatic rings. The van der Waals surface area contributed by atoms with Crippen molar-refractivity contribution in [1.29, 1.82) is 0 Å². The van der Waals surface area contributed by atoms with E-state index in [1.54, 1.807) is 24.0 Å². The summed E-state index contributed by atoms with van der Waals surface area (Å²) in [6.45, 7) is 2.67. The van der Waals surface area contributed by atoms with Crippen molar-refractivity contribution in [3.63, 3.8) is 0 Å². The summed E-state index contributed by atoms with van der Waals surface area (Å²) in [5, 5.41) is 7.17. The van der Waals surface area contributed by atoms with Crippen molar-refractivity contribution in [2.24, 2.45) is 18.7 Å². The number of hydrogen-bond acceptors (Lipinski definition) is 3. The van der Waals surface area contributed by atoms with Gasteiger partial charge in [0.25, 0.3) is 5.91 Å². The Morgan fingerprint density at radius 3 is 3.00 bits per heavy atom. The van der Waals surface area contributed by atoms with Crippen molar-refractivity contribution >= 4 is 5.91 Å². The maximum Gasteiger partial charge on any atom is 0.270 e. The Kier molecular flexibility index (Phi) is 3.71. The highest BCUT2D eigenvalue weighted by Crippen LogP contribution is 2.33. The van der Waals surface area contributed by atoms with Crippen LogP contribution in [0.2, 0.25) is 0 Å². The van der Waals surface area contributed by atoms with Gasteiger partial charge in [0.15, 0.2) is 0 Å². The Bertz CT molecular complexity index is 428. The van der Waals surface area contributed by atoms with Crippen molar-refractivity contribution in [2.75, 3.05) is 6.54 Å². The Morgan fingerprint density at radius 2 is 2.44 bits per heavy atom. The fraction of sp³-hybridized carbons (Fsp3) is 0.692. The van der Waals surface area contributed by atoms with Crippen LogP contribution < -0.4 is 11.1 Å². The van der Waals surface area contributed by atoms with E-state index in [1.165, 1.54) is 6.42 Å². The van der Waals surface area contributed by atoms with E-state index in [0.717, 1.165) is 19.3 Å². The molecule has 0 spiro atoms. The zero-order chi connectivity index (χ0) is 13.2. The van der Waals surface area contributed by atoms with Crippen molar-refractivity contribution in [1.82, 2.24) is 15.1 Å². The maximum absolute atomic E-state index is 12.3. The molecule has 1 aliphatic carbocycles. The van der Waals surface area contributed by atoms with Gasteiger partial charge in [0, 0.05) is 19.8 Å². The third kappa shape index (κ3) is 2.27. The van der Waals surface area contributed by atoms with Gasteiger partial charge >= 0.3 is 0 Å². The van der Waals surface area contributed by atoms with Crippen molar-refractivity contribution in [2.45, 2.75) is 38.1 Å². The molecule has 1 heterocycles. The van der Waals surface area contributed by atoms with Crippen LogP contribution in [0.3, 0.4) is 0 Å². The van der Waals surface area contributed by atoms with E-state index >= 15 is 0 Å². The third-order valence-corrected chi connectivity index (χ3v) is 4.23.